The number of carbonyl (C=O) groups is 1. The molecule has 6 rings (SSSR count). The van der Waals surface area contributed by atoms with Crippen LogP contribution in [-0.4, -0.2) is 12.5 Å². The maximum atomic E-state index is 13.6. The topological polar surface area (TPSA) is 59.6 Å². The molecule has 0 aromatic heterocycles. The molecular formula is C38H40N2O3. The van der Waals surface area contributed by atoms with E-state index in [-0.39, 0.29) is 5.97 Å². The Morgan fingerprint density at radius 2 is 1.65 bits per heavy atom. The molecule has 220 valence electrons. The Morgan fingerprint density at radius 1 is 0.860 bits per heavy atom. The normalized spacial score (nSPS) is 16.6. The zero-order valence-electron chi connectivity index (χ0n) is 25.9. The number of benzene rings is 4. The zero-order valence-corrected chi connectivity index (χ0v) is 25.9. The minimum Gasteiger partial charge on any atom is -0.456 e. The highest BCUT2D eigenvalue weighted by molar-refractivity contribution is 5.98. The van der Waals surface area contributed by atoms with Crippen LogP contribution in [0.4, 0.5) is 17.1 Å². The minimum atomic E-state index is -1.17. The van der Waals surface area contributed by atoms with Gasteiger partial charge in [0, 0.05) is 34.7 Å². The van der Waals surface area contributed by atoms with E-state index in [9.17, 15) is 4.79 Å². The molecule has 0 radical (unpaired) electrons. The summed E-state index contributed by atoms with van der Waals surface area (Å²) in [6.07, 6.45) is 6.12. The summed E-state index contributed by atoms with van der Waals surface area (Å²) in [4.78, 5) is 13.6. The second-order valence-corrected chi connectivity index (χ2v) is 12.2. The van der Waals surface area contributed by atoms with Gasteiger partial charge >= 0.3 is 5.97 Å². The van der Waals surface area contributed by atoms with Gasteiger partial charge in [0.2, 0.25) is 0 Å². The van der Waals surface area contributed by atoms with Crippen LogP contribution >= 0.6 is 0 Å². The number of anilines is 3. The Balaban J connectivity index is 1.61. The summed E-state index contributed by atoms with van der Waals surface area (Å²) < 4.78 is 13.3. The van der Waals surface area contributed by atoms with Crippen LogP contribution in [0.25, 0.3) is 0 Å². The molecule has 1 atom stereocenters. The molecule has 1 unspecified atom stereocenters. The predicted molar refractivity (Wildman–Crippen MR) is 175 cm³/mol. The molecule has 43 heavy (non-hydrogen) atoms. The lowest BCUT2D eigenvalue weighted by atomic mass is 9.75. The Kier molecular flexibility index (Phi) is 7.51. The van der Waals surface area contributed by atoms with Gasteiger partial charge in [0.1, 0.15) is 11.5 Å². The van der Waals surface area contributed by atoms with Crippen LogP contribution in [0, 0.1) is 26.7 Å². The minimum absolute atomic E-state index is 0.329. The molecular weight excluding hydrogens is 532 g/mol. The first-order valence-corrected chi connectivity index (χ1v) is 15.3. The summed E-state index contributed by atoms with van der Waals surface area (Å²) in [7, 11) is 0. The van der Waals surface area contributed by atoms with Gasteiger partial charge in [0.15, 0.2) is 5.60 Å². The van der Waals surface area contributed by atoms with Gasteiger partial charge in [-0.3, -0.25) is 0 Å². The molecule has 0 amide bonds. The molecule has 2 aliphatic rings. The van der Waals surface area contributed by atoms with Crippen molar-refractivity contribution in [3.8, 4) is 11.5 Å². The van der Waals surface area contributed by atoms with Crippen molar-refractivity contribution in [1.82, 2.24) is 0 Å². The summed E-state index contributed by atoms with van der Waals surface area (Å²) in [5.41, 5.74) is 9.39. The smallest absolute Gasteiger partial charge is 0.340 e. The number of aryl methyl sites for hydroxylation is 3. The van der Waals surface area contributed by atoms with E-state index >= 15 is 0 Å². The second kappa shape index (κ2) is 11.3. The molecule has 2 heterocycles. The average molecular weight is 573 g/mol. The van der Waals surface area contributed by atoms with E-state index in [0.29, 0.717) is 23.0 Å². The molecule has 0 fully saturated rings. The third-order valence-corrected chi connectivity index (χ3v) is 8.38. The monoisotopic (exact) mass is 572 g/mol. The first kappa shape index (κ1) is 28.6. The van der Waals surface area contributed by atoms with E-state index in [1.54, 1.807) is 0 Å². The van der Waals surface area contributed by atoms with Gasteiger partial charge < -0.3 is 20.1 Å². The Labute approximate surface area is 254 Å². The number of hydrogen-bond acceptors (Lipinski definition) is 5. The number of nitrogens with one attached hydrogen (secondary N) is 2. The summed E-state index contributed by atoms with van der Waals surface area (Å²) >= 11 is 0. The predicted octanol–water partition coefficient (Wildman–Crippen LogP) is 9.50. The van der Waals surface area contributed by atoms with Crippen LogP contribution in [0.1, 0.15) is 76.5 Å². The van der Waals surface area contributed by atoms with E-state index in [1.807, 2.05) is 30.3 Å². The molecule has 4 aromatic rings. The van der Waals surface area contributed by atoms with Crippen molar-refractivity contribution in [1.29, 1.82) is 0 Å². The van der Waals surface area contributed by atoms with E-state index in [2.05, 4.69) is 101 Å². The molecule has 0 saturated heterocycles. The van der Waals surface area contributed by atoms with Gasteiger partial charge in [0.25, 0.3) is 0 Å². The summed E-state index contributed by atoms with van der Waals surface area (Å²) in [5.74, 6) is 1.47. The van der Waals surface area contributed by atoms with Gasteiger partial charge in [-0.1, -0.05) is 74.9 Å². The van der Waals surface area contributed by atoms with Crippen molar-refractivity contribution >= 4 is 23.0 Å². The number of fused-ring (bicyclic) bond motifs is 6. The standard InChI is InChI=1S/C38H40N2O3/c1-7-8-9-12-27-16-18-33-35(36(27)39-22-23(2)3)38(29-14-11-10-13-28(29)37(41)43-38)30-21-32(26(6)20-34(30)42-33)40-31-17-15-24(4)19-25(31)5/h8-11,13-21,23,39-40H,7,12,22H2,1-6H3/b9-8+. The number of hydrogen-bond donors (Lipinski definition) is 2. The molecule has 1 spiro atoms. The fourth-order valence-electron chi connectivity index (χ4n) is 6.25. The fraction of sp³-hybridized carbons (Fsp3) is 0.289. The molecule has 0 aliphatic carbocycles. The molecule has 2 aliphatic heterocycles. The van der Waals surface area contributed by atoms with Crippen LogP contribution in [0.2, 0.25) is 0 Å². The van der Waals surface area contributed by atoms with Crippen molar-refractivity contribution in [2.45, 2.75) is 60.0 Å². The van der Waals surface area contributed by atoms with Gasteiger partial charge in [-0.25, -0.2) is 4.79 Å². The highest BCUT2D eigenvalue weighted by Gasteiger charge is 2.55. The maximum absolute atomic E-state index is 13.6. The van der Waals surface area contributed by atoms with Crippen molar-refractivity contribution < 1.29 is 14.3 Å². The first-order chi connectivity index (χ1) is 20.7. The highest BCUT2D eigenvalue weighted by atomic mass is 16.6. The third-order valence-electron chi connectivity index (χ3n) is 8.38. The SMILES string of the molecule is CC/C=C/Cc1ccc2c(c1NCC(C)C)C1(OC(=O)c3ccccc31)c1cc(Nc3ccc(C)cc3C)c(C)cc1O2. The molecule has 0 bridgehead atoms. The lowest BCUT2D eigenvalue weighted by Crippen LogP contribution is -2.35. The number of ether oxygens (including phenoxy) is 2. The van der Waals surface area contributed by atoms with Gasteiger partial charge in [-0.2, -0.15) is 0 Å². The molecule has 5 nitrogen and oxygen atoms in total. The Morgan fingerprint density at radius 3 is 2.42 bits per heavy atom. The molecule has 2 N–H and O–H groups in total. The van der Waals surface area contributed by atoms with Crippen LogP contribution < -0.4 is 15.4 Å². The molecule has 4 aromatic carbocycles. The van der Waals surface area contributed by atoms with Gasteiger partial charge in [-0.15, -0.1) is 0 Å². The van der Waals surface area contributed by atoms with Crippen molar-refractivity contribution in [2.75, 3.05) is 17.2 Å². The van der Waals surface area contributed by atoms with E-state index in [4.69, 9.17) is 9.47 Å². The van der Waals surface area contributed by atoms with Gasteiger partial charge in [0.05, 0.1) is 11.1 Å². The van der Waals surface area contributed by atoms with Crippen LogP contribution in [0.15, 0.2) is 78.9 Å². The molecule has 5 heteroatoms. The summed E-state index contributed by atoms with van der Waals surface area (Å²) in [6, 6.07) is 22.5. The average Bonchev–Trinajstić information content (AvgIpc) is 3.27. The van der Waals surface area contributed by atoms with Crippen LogP contribution in [-0.2, 0) is 16.8 Å². The second-order valence-electron chi connectivity index (χ2n) is 12.2. The summed E-state index contributed by atoms with van der Waals surface area (Å²) in [5, 5.41) is 7.42. The molecule has 0 saturated carbocycles. The van der Waals surface area contributed by atoms with Crippen molar-refractivity contribution in [3.05, 3.63) is 123 Å². The number of esters is 1. The third kappa shape index (κ3) is 4.97. The fourth-order valence-corrected chi connectivity index (χ4v) is 6.25. The number of carbonyl (C=O) groups excluding carboxylic acids is 1. The largest absolute Gasteiger partial charge is 0.456 e. The quantitative estimate of drug-likeness (QED) is 0.163. The van der Waals surface area contributed by atoms with Gasteiger partial charge in [-0.05, 0) is 86.6 Å². The Hall–Kier alpha value is -4.51. The van der Waals surface area contributed by atoms with Crippen LogP contribution in [0.5, 0.6) is 11.5 Å². The maximum Gasteiger partial charge on any atom is 0.340 e. The Bertz CT molecular complexity index is 1750. The van der Waals surface area contributed by atoms with Crippen molar-refractivity contribution in [3.63, 3.8) is 0 Å². The zero-order chi connectivity index (χ0) is 30.3. The van der Waals surface area contributed by atoms with E-state index < -0.39 is 5.60 Å². The lowest BCUT2D eigenvalue weighted by molar-refractivity contribution is 0.0226. The number of rotatable bonds is 8. The van der Waals surface area contributed by atoms with E-state index in [1.165, 1.54) is 5.56 Å². The highest BCUT2D eigenvalue weighted by Crippen LogP contribution is 2.59. The lowest BCUT2D eigenvalue weighted by Gasteiger charge is -2.39. The first-order valence-electron chi connectivity index (χ1n) is 15.3. The number of allylic oxidation sites excluding steroid dienone is 2. The van der Waals surface area contributed by atoms with Crippen molar-refractivity contribution in [2.24, 2.45) is 5.92 Å². The van der Waals surface area contributed by atoms with E-state index in [0.717, 1.165) is 69.8 Å². The summed E-state index contributed by atoms with van der Waals surface area (Å²) in [6.45, 7) is 13.6. The van der Waals surface area contributed by atoms with Crippen LogP contribution in [0.3, 0.4) is 0 Å².